The predicted octanol–water partition coefficient (Wildman–Crippen LogP) is 3.27. The molecule has 1 rings (SSSR count). The van der Waals surface area contributed by atoms with Crippen molar-refractivity contribution in [2.45, 2.75) is 46.1 Å². The lowest BCUT2D eigenvalue weighted by atomic mass is 10.1. The first-order valence-electron chi connectivity index (χ1n) is 8.58. The molecule has 2 amide bonds. The number of nitrogens with one attached hydrogen (secondary N) is 1. The second-order valence-electron chi connectivity index (χ2n) is 6.82. The Morgan fingerprint density at radius 1 is 1.24 bits per heavy atom. The van der Waals surface area contributed by atoms with Gasteiger partial charge in [-0.05, 0) is 45.7 Å². The lowest BCUT2D eigenvalue weighted by molar-refractivity contribution is 0.0248. The maximum atomic E-state index is 12.2. The number of hydrogen-bond acceptors (Lipinski definition) is 4. The summed E-state index contributed by atoms with van der Waals surface area (Å²) in [7, 11) is 0. The van der Waals surface area contributed by atoms with Crippen molar-refractivity contribution in [2.24, 2.45) is 0 Å². The molecular weight excluding hydrogens is 320 g/mol. The van der Waals surface area contributed by atoms with Crippen LogP contribution in [0.2, 0.25) is 0 Å². The van der Waals surface area contributed by atoms with Gasteiger partial charge in [0.2, 0.25) is 0 Å². The van der Waals surface area contributed by atoms with Crippen molar-refractivity contribution in [1.82, 2.24) is 10.2 Å². The highest BCUT2D eigenvalue weighted by atomic mass is 16.6. The Balaban J connectivity index is 2.46. The lowest BCUT2D eigenvalue weighted by Gasteiger charge is -2.27. The third kappa shape index (κ3) is 7.83. The Morgan fingerprint density at radius 2 is 1.96 bits per heavy atom. The van der Waals surface area contributed by atoms with Gasteiger partial charge >= 0.3 is 6.09 Å². The van der Waals surface area contributed by atoms with Gasteiger partial charge in [0.1, 0.15) is 11.9 Å². The van der Waals surface area contributed by atoms with Gasteiger partial charge in [-0.25, -0.2) is 4.79 Å². The van der Waals surface area contributed by atoms with Crippen LogP contribution in [0, 0.1) is 0 Å². The Labute approximate surface area is 149 Å². The highest BCUT2D eigenvalue weighted by Gasteiger charge is 2.21. The van der Waals surface area contributed by atoms with E-state index in [0.717, 1.165) is 6.42 Å². The number of ether oxygens (including phenoxy) is 1. The van der Waals surface area contributed by atoms with Gasteiger partial charge in [-0.15, -0.1) is 0 Å². The summed E-state index contributed by atoms with van der Waals surface area (Å²) in [5, 5.41) is 2.80. The topological polar surface area (TPSA) is 75.7 Å². The minimum atomic E-state index is -0.527. The molecule has 0 bridgehead atoms. The summed E-state index contributed by atoms with van der Waals surface area (Å²) in [4.78, 5) is 36.6. The van der Waals surface area contributed by atoms with Crippen LogP contribution >= 0.6 is 0 Å². The summed E-state index contributed by atoms with van der Waals surface area (Å²) in [5.41, 5.74) is 0.384. The van der Waals surface area contributed by atoms with E-state index >= 15 is 0 Å². The summed E-state index contributed by atoms with van der Waals surface area (Å²) in [6.45, 7) is 9.07. The maximum Gasteiger partial charge on any atom is 0.410 e. The SMILES string of the molecule is CCCN(CCCNC(=O)c1cccc(C=O)c1)C(=O)OC(C)(C)C. The Kier molecular flexibility index (Phi) is 8.11. The van der Waals surface area contributed by atoms with Crippen molar-refractivity contribution < 1.29 is 19.1 Å². The molecule has 0 saturated carbocycles. The van der Waals surface area contributed by atoms with E-state index in [-0.39, 0.29) is 12.0 Å². The van der Waals surface area contributed by atoms with E-state index in [2.05, 4.69) is 5.32 Å². The molecule has 0 fully saturated rings. The Bertz CT molecular complexity index is 593. The van der Waals surface area contributed by atoms with Crippen molar-refractivity contribution in [2.75, 3.05) is 19.6 Å². The molecule has 0 saturated heterocycles. The average Bonchev–Trinajstić information content (AvgIpc) is 2.55. The van der Waals surface area contributed by atoms with Crippen LogP contribution in [0.1, 0.15) is 61.3 Å². The number of carbonyl (C=O) groups is 3. The maximum absolute atomic E-state index is 12.2. The van der Waals surface area contributed by atoms with E-state index < -0.39 is 5.60 Å². The Morgan fingerprint density at radius 3 is 2.56 bits per heavy atom. The smallest absolute Gasteiger partial charge is 0.410 e. The zero-order valence-corrected chi connectivity index (χ0v) is 15.5. The Hall–Kier alpha value is -2.37. The zero-order chi connectivity index (χ0) is 18.9. The van der Waals surface area contributed by atoms with E-state index in [1.165, 1.54) is 0 Å². The molecular formula is C19H28N2O4. The zero-order valence-electron chi connectivity index (χ0n) is 15.5. The van der Waals surface area contributed by atoms with Gasteiger partial charge in [0, 0.05) is 30.8 Å². The molecule has 6 heteroatoms. The molecule has 0 aliphatic carbocycles. The quantitative estimate of drug-likeness (QED) is 0.578. The van der Waals surface area contributed by atoms with E-state index in [1.54, 1.807) is 29.2 Å². The number of benzene rings is 1. The molecule has 0 aromatic heterocycles. The fourth-order valence-electron chi connectivity index (χ4n) is 2.22. The molecule has 6 nitrogen and oxygen atoms in total. The van der Waals surface area contributed by atoms with Gasteiger partial charge in [0.25, 0.3) is 5.91 Å². The standard InChI is InChI=1S/C19H28N2O4/c1-5-11-21(18(24)25-19(2,3)4)12-7-10-20-17(23)16-9-6-8-15(13-16)14-22/h6,8-9,13-14H,5,7,10-12H2,1-4H3,(H,20,23). The molecule has 25 heavy (non-hydrogen) atoms. The molecule has 0 atom stereocenters. The third-order valence-electron chi connectivity index (χ3n) is 3.32. The second-order valence-corrected chi connectivity index (χ2v) is 6.82. The largest absolute Gasteiger partial charge is 0.444 e. The van der Waals surface area contributed by atoms with Crippen molar-refractivity contribution in [3.05, 3.63) is 35.4 Å². The monoisotopic (exact) mass is 348 g/mol. The van der Waals surface area contributed by atoms with Crippen LogP contribution in [0.3, 0.4) is 0 Å². The van der Waals surface area contributed by atoms with Gasteiger partial charge in [-0.1, -0.05) is 19.1 Å². The predicted molar refractivity (Wildman–Crippen MR) is 96.9 cm³/mol. The van der Waals surface area contributed by atoms with E-state index in [1.807, 2.05) is 27.7 Å². The molecule has 0 aliphatic rings. The second kappa shape index (κ2) is 9.81. The summed E-state index contributed by atoms with van der Waals surface area (Å²) in [5.74, 6) is -0.233. The van der Waals surface area contributed by atoms with Gasteiger partial charge in [0.05, 0.1) is 0 Å². The molecule has 138 valence electrons. The number of amides is 2. The molecule has 1 aromatic rings. The van der Waals surface area contributed by atoms with Crippen LogP contribution in [0.4, 0.5) is 4.79 Å². The number of nitrogens with zero attached hydrogens (tertiary/aromatic N) is 1. The molecule has 1 aromatic carbocycles. The summed E-state index contributed by atoms with van der Waals surface area (Å²) >= 11 is 0. The van der Waals surface area contributed by atoms with Crippen molar-refractivity contribution in [1.29, 1.82) is 0 Å². The van der Waals surface area contributed by atoms with Crippen molar-refractivity contribution in [3.8, 4) is 0 Å². The average molecular weight is 348 g/mol. The minimum Gasteiger partial charge on any atom is -0.444 e. The van der Waals surface area contributed by atoms with E-state index in [4.69, 9.17) is 4.74 Å². The molecule has 0 radical (unpaired) electrons. The minimum absolute atomic E-state index is 0.233. The summed E-state index contributed by atoms with van der Waals surface area (Å²) in [6.07, 6.45) is 1.84. The lowest BCUT2D eigenvalue weighted by Crippen LogP contribution is -2.39. The van der Waals surface area contributed by atoms with Gasteiger partial charge in [-0.3, -0.25) is 9.59 Å². The van der Waals surface area contributed by atoms with Crippen LogP contribution in [0.25, 0.3) is 0 Å². The highest BCUT2D eigenvalue weighted by Crippen LogP contribution is 2.10. The van der Waals surface area contributed by atoms with Crippen molar-refractivity contribution >= 4 is 18.3 Å². The molecule has 0 spiro atoms. The van der Waals surface area contributed by atoms with Gasteiger partial charge in [0.15, 0.2) is 0 Å². The van der Waals surface area contributed by atoms with E-state index in [9.17, 15) is 14.4 Å². The first-order chi connectivity index (χ1) is 11.8. The summed E-state index contributed by atoms with van der Waals surface area (Å²) in [6, 6.07) is 6.52. The number of carbonyl (C=O) groups excluding carboxylic acids is 3. The molecule has 0 heterocycles. The number of aldehydes is 1. The first-order valence-corrected chi connectivity index (χ1v) is 8.58. The van der Waals surface area contributed by atoms with E-state index in [0.29, 0.717) is 43.5 Å². The van der Waals surface area contributed by atoms with Crippen LogP contribution in [0.5, 0.6) is 0 Å². The first kappa shape index (κ1) is 20.7. The van der Waals surface area contributed by atoms with Crippen LogP contribution in [0.15, 0.2) is 24.3 Å². The highest BCUT2D eigenvalue weighted by molar-refractivity contribution is 5.95. The van der Waals surface area contributed by atoms with Crippen LogP contribution < -0.4 is 5.32 Å². The molecule has 1 N–H and O–H groups in total. The normalized spacial score (nSPS) is 10.9. The summed E-state index contributed by atoms with van der Waals surface area (Å²) < 4.78 is 5.39. The van der Waals surface area contributed by atoms with Crippen LogP contribution in [-0.4, -0.2) is 48.4 Å². The fraction of sp³-hybridized carbons (Fsp3) is 0.526. The molecule has 0 aliphatic heterocycles. The number of rotatable bonds is 8. The van der Waals surface area contributed by atoms with Crippen molar-refractivity contribution in [3.63, 3.8) is 0 Å². The molecule has 0 unspecified atom stereocenters. The fourth-order valence-corrected chi connectivity index (χ4v) is 2.22. The van der Waals surface area contributed by atoms with Crippen LogP contribution in [-0.2, 0) is 4.74 Å². The third-order valence-corrected chi connectivity index (χ3v) is 3.32. The van der Waals surface area contributed by atoms with Gasteiger partial charge < -0.3 is 15.0 Å². The number of hydrogen-bond donors (Lipinski definition) is 1. The van der Waals surface area contributed by atoms with Gasteiger partial charge in [-0.2, -0.15) is 0 Å².